The van der Waals surface area contributed by atoms with Gasteiger partial charge >= 0.3 is 6.03 Å². The maximum Gasteiger partial charge on any atom is 0.320 e. The number of amides is 2. The van der Waals surface area contributed by atoms with Gasteiger partial charge < -0.3 is 10.2 Å². The summed E-state index contributed by atoms with van der Waals surface area (Å²) in [6.45, 7) is 7.08. The highest BCUT2D eigenvalue weighted by Crippen LogP contribution is 2.34. The van der Waals surface area contributed by atoms with Gasteiger partial charge in [0.05, 0.1) is 29.6 Å². The smallest absolute Gasteiger partial charge is 0.320 e. The number of likely N-dealkylation sites (N-methyl/N-ethyl adjacent to an activating group) is 1. The molecule has 4 heterocycles. The third-order valence-electron chi connectivity index (χ3n) is 6.82. The normalized spacial score (nSPS) is 20.5. The first-order valence-corrected chi connectivity index (χ1v) is 11.5. The zero-order chi connectivity index (χ0) is 23.8. The fourth-order valence-electron chi connectivity index (χ4n) is 4.96. The van der Waals surface area contributed by atoms with Crippen LogP contribution in [0.3, 0.4) is 0 Å². The van der Waals surface area contributed by atoms with Crippen LogP contribution in [0.5, 0.6) is 0 Å². The molecule has 0 radical (unpaired) electrons. The van der Waals surface area contributed by atoms with E-state index < -0.39 is 0 Å². The van der Waals surface area contributed by atoms with Gasteiger partial charge in [-0.25, -0.2) is 14.5 Å². The van der Waals surface area contributed by atoms with Crippen molar-refractivity contribution in [1.82, 2.24) is 30.0 Å². The van der Waals surface area contributed by atoms with E-state index in [1.165, 1.54) is 11.1 Å². The molecule has 0 spiro atoms. The van der Waals surface area contributed by atoms with Gasteiger partial charge in [-0.15, -0.1) is 0 Å². The largest absolute Gasteiger partial charge is 0.333 e. The van der Waals surface area contributed by atoms with Crippen molar-refractivity contribution in [3.63, 3.8) is 0 Å². The molecule has 3 aromatic heterocycles. The third kappa shape index (κ3) is 4.12. The molecule has 0 bridgehead atoms. The first-order valence-electron chi connectivity index (χ1n) is 11.5. The van der Waals surface area contributed by atoms with Gasteiger partial charge in [-0.05, 0) is 57.1 Å². The number of aromatic nitrogens is 4. The molecule has 2 amide bonds. The van der Waals surface area contributed by atoms with Crippen LogP contribution in [0.1, 0.15) is 29.7 Å². The maximum absolute atomic E-state index is 12.9. The topological polar surface area (TPSA) is 88.0 Å². The molecule has 0 saturated carbocycles. The van der Waals surface area contributed by atoms with Crippen molar-refractivity contribution in [1.29, 1.82) is 0 Å². The molecule has 0 aliphatic carbocycles. The Balaban J connectivity index is 1.33. The van der Waals surface area contributed by atoms with Gasteiger partial charge in [0.2, 0.25) is 0 Å². The van der Waals surface area contributed by atoms with Gasteiger partial charge in [-0.1, -0.05) is 24.3 Å². The fourth-order valence-corrected chi connectivity index (χ4v) is 4.96. The minimum absolute atomic E-state index is 0.00233. The van der Waals surface area contributed by atoms with E-state index in [0.717, 1.165) is 28.8 Å². The first-order chi connectivity index (χ1) is 16.4. The minimum atomic E-state index is -0.255. The average Bonchev–Trinajstić information content (AvgIpc) is 3.34. The standard InChI is InChI=1S/C26H29N7O/c1-16-7-5-6-8-21(16)25-18(3)32(4)15-22(25)30-26(34)31-24-12-19-13-29-33(23(19)14-28-24)20-9-10-27-17(2)11-20/h5-14,18,22,25H,15H2,1-4H3,(H2,28,30,31,34)/t18-,22-,25+/m1/s1. The number of aryl methyl sites for hydroxylation is 2. The monoisotopic (exact) mass is 455 g/mol. The van der Waals surface area contributed by atoms with Crippen LogP contribution in [0.15, 0.2) is 61.1 Å². The van der Waals surface area contributed by atoms with Crippen molar-refractivity contribution < 1.29 is 4.79 Å². The van der Waals surface area contributed by atoms with E-state index in [9.17, 15) is 4.79 Å². The summed E-state index contributed by atoms with van der Waals surface area (Å²) in [5.74, 6) is 0.705. The molecule has 1 aromatic carbocycles. The number of pyridine rings is 2. The summed E-state index contributed by atoms with van der Waals surface area (Å²) in [7, 11) is 2.10. The highest BCUT2D eigenvalue weighted by molar-refractivity contribution is 5.91. The molecule has 1 saturated heterocycles. The number of benzene rings is 1. The lowest BCUT2D eigenvalue weighted by Crippen LogP contribution is -2.42. The number of carbonyl (C=O) groups is 1. The van der Waals surface area contributed by atoms with E-state index in [2.05, 4.69) is 75.8 Å². The summed E-state index contributed by atoms with van der Waals surface area (Å²) in [4.78, 5) is 23.9. The zero-order valence-electron chi connectivity index (χ0n) is 19.9. The second kappa shape index (κ2) is 8.87. The second-order valence-corrected chi connectivity index (χ2v) is 9.11. The maximum atomic E-state index is 12.9. The summed E-state index contributed by atoms with van der Waals surface area (Å²) in [6.07, 6.45) is 5.27. The molecule has 1 aliphatic heterocycles. The van der Waals surface area contributed by atoms with Crippen LogP contribution in [0.25, 0.3) is 16.6 Å². The van der Waals surface area contributed by atoms with Crippen LogP contribution in [0, 0.1) is 13.8 Å². The number of carbonyl (C=O) groups excluding carboxylic acids is 1. The Morgan fingerprint density at radius 2 is 1.91 bits per heavy atom. The average molecular weight is 456 g/mol. The third-order valence-corrected chi connectivity index (χ3v) is 6.82. The number of nitrogens with zero attached hydrogens (tertiary/aromatic N) is 5. The lowest BCUT2D eigenvalue weighted by atomic mass is 9.86. The van der Waals surface area contributed by atoms with E-state index in [4.69, 9.17) is 0 Å². The number of urea groups is 1. The Labute approximate surface area is 199 Å². The van der Waals surface area contributed by atoms with Crippen molar-refractivity contribution >= 4 is 22.8 Å². The molecular formula is C26H29N7O. The van der Waals surface area contributed by atoms with Crippen molar-refractivity contribution in [3.8, 4) is 5.69 Å². The number of nitrogens with one attached hydrogen (secondary N) is 2. The molecule has 1 aliphatic rings. The highest BCUT2D eigenvalue weighted by atomic mass is 16.2. The molecule has 34 heavy (non-hydrogen) atoms. The molecule has 5 rings (SSSR count). The van der Waals surface area contributed by atoms with Gasteiger partial charge in [0.1, 0.15) is 5.82 Å². The second-order valence-electron chi connectivity index (χ2n) is 9.11. The number of likely N-dealkylation sites (tertiary alicyclic amines) is 1. The number of rotatable bonds is 4. The predicted molar refractivity (Wildman–Crippen MR) is 133 cm³/mol. The van der Waals surface area contributed by atoms with Crippen molar-refractivity contribution in [2.45, 2.75) is 38.8 Å². The number of hydrogen-bond acceptors (Lipinski definition) is 5. The zero-order valence-corrected chi connectivity index (χ0v) is 19.9. The van der Waals surface area contributed by atoms with Gasteiger partial charge in [0.25, 0.3) is 0 Å². The first kappa shape index (κ1) is 22.0. The number of hydrogen-bond donors (Lipinski definition) is 2. The molecular weight excluding hydrogens is 426 g/mol. The van der Waals surface area contributed by atoms with Crippen LogP contribution < -0.4 is 10.6 Å². The molecule has 1 fully saturated rings. The van der Waals surface area contributed by atoms with E-state index in [1.54, 1.807) is 18.6 Å². The SMILES string of the molecule is Cc1cc(-n2ncc3cc(NC(=O)N[C@@H]4CN(C)[C@H](C)[C@H]4c4ccccc4C)ncc32)ccn1. The van der Waals surface area contributed by atoms with Crippen LogP contribution >= 0.6 is 0 Å². The van der Waals surface area contributed by atoms with Crippen molar-refractivity contribution in [2.24, 2.45) is 0 Å². The van der Waals surface area contributed by atoms with Crippen molar-refractivity contribution in [3.05, 3.63) is 77.9 Å². The van der Waals surface area contributed by atoms with Gasteiger partial charge in [0.15, 0.2) is 0 Å². The molecule has 4 aromatic rings. The summed E-state index contributed by atoms with van der Waals surface area (Å²) >= 11 is 0. The Morgan fingerprint density at radius 3 is 2.71 bits per heavy atom. The number of anilines is 1. The Morgan fingerprint density at radius 1 is 1.09 bits per heavy atom. The summed E-state index contributed by atoms with van der Waals surface area (Å²) in [6, 6.07) is 14.2. The lowest BCUT2D eigenvalue weighted by Gasteiger charge is -2.25. The van der Waals surface area contributed by atoms with Crippen LogP contribution in [-0.2, 0) is 0 Å². The molecule has 2 N–H and O–H groups in total. The summed E-state index contributed by atoms with van der Waals surface area (Å²) < 4.78 is 1.82. The fraction of sp³-hybridized carbons (Fsp3) is 0.308. The Hall–Kier alpha value is -3.78. The Bertz CT molecular complexity index is 1350. The van der Waals surface area contributed by atoms with E-state index in [0.29, 0.717) is 11.9 Å². The highest BCUT2D eigenvalue weighted by Gasteiger charge is 2.39. The predicted octanol–water partition coefficient (Wildman–Crippen LogP) is 4.04. The molecule has 174 valence electrons. The molecule has 8 heteroatoms. The summed E-state index contributed by atoms with van der Waals surface area (Å²) in [5.41, 5.74) is 5.23. The van der Waals surface area contributed by atoms with Crippen LogP contribution in [-0.4, -0.2) is 56.4 Å². The summed E-state index contributed by atoms with van der Waals surface area (Å²) in [5, 5.41) is 11.5. The van der Waals surface area contributed by atoms with Gasteiger partial charge in [0, 0.05) is 35.8 Å². The van der Waals surface area contributed by atoms with Gasteiger partial charge in [-0.2, -0.15) is 5.10 Å². The molecule has 8 nitrogen and oxygen atoms in total. The lowest BCUT2D eigenvalue weighted by molar-refractivity contribution is 0.247. The van der Waals surface area contributed by atoms with E-state index in [-0.39, 0.29) is 18.0 Å². The van der Waals surface area contributed by atoms with Crippen LogP contribution in [0.2, 0.25) is 0 Å². The van der Waals surface area contributed by atoms with Crippen LogP contribution in [0.4, 0.5) is 10.6 Å². The molecule has 3 atom stereocenters. The van der Waals surface area contributed by atoms with Gasteiger partial charge in [-0.3, -0.25) is 10.3 Å². The molecule has 0 unspecified atom stereocenters. The number of fused-ring (bicyclic) bond motifs is 1. The van der Waals surface area contributed by atoms with E-state index >= 15 is 0 Å². The van der Waals surface area contributed by atoms with Crippen molar-refractivity contribution in [2.75, 3.05) is 18.9 Å². The minimum Gasteiger partial charge on any atom is -0.333 e. The Kier molecular flexibility index (Phi) is 5.75. The quantitative estimate of drug-likeness (QED) is 0.485. The van der Waals surface area contributed by atoms with E-state index in [1.807, 2.05) is 29.8 Å².